The Hall–Kier alpha value is -3.81. The molecule has 1 aliphatic heterocycles. The molecule has 3 aromatic rings. The van der Waals surface area contributed by atoms with Gasteiger partial charge in [0.25, 0.3) is 5.91 Å². The third kappa shape index (κ3) is 4.90. The molecule has 1 aromatic heterocycles. The van der Waals surface area contributed by atoms with Crippen molar-refractivity contribution in [3.63, 3.8) is 0 Å². The smallest absolute Gasteiger partial charge is 0.254 e. The lowest BCUT2D eigenvalue weighted by molar-refractivity contribution is -0.132. The van der Waals surface area contributed by atoms with Crippen LogP contribution < -0.4 is 4.90 Å². The molecule has 174 valence electrons. The Balaban J connectivity index is 1.18. The quantitative estimate of drug-likeness (QED) is 0.566. The lowest BCUT2D eigenvalue weighted by atomic mass is 10.1. The van der Waals surface area contributed by atoms with Crippen LogP contribution in [0.5, 0.6) is 0 Å². The maximum Gasteiger partial charge on any atom is 0.254 e. The van der Waals surface area contributed by atoms with E-state index in [1.54, 1.807) is 15.9 Å². The van der Waals surface area contributed by atoms with Gasteiger partial charge in [0, 0.05) is 43.3 Å². The van der Waals surface area contributed by atoms with Crippen LogP contribution in [0.1, 0.15) is 23.2 Å². The molecule has 34 heavy (non-hydrogen) atoms. The van der Waals surface area contributed by atoms with Crippen LogP contribution in [-0.2, 0) is 4.79 Å². The van der Waals surface area contributed by atoms with Crippen LogP contribution in [0.15, 0.2) is 66.7 Å². The minimum absolute atomic E-state index is 0.0194. The zero-order valence-corrected chi connectivity index (χ0v) is 18.8. The second-order valence-electron chi connectivity index (χ2n) is 8.69. The molecule has 1 aliphatic carbocycles. The zero-order valence-electron chi connectivity index (χ0n) is 18.8. The number of carbonyl (C=O) groups excluding carboxylic acids is 2. The van der Waals surface area contributed by atoms with Crippen LogP contribution in [0, 0.1) is 5.82 Å². The highest BCUT2D eigenvalue weighted by Gasteiger charge is 2.35. The first-order valence-electron chi connectivity index (χ1n) is 11.6. The highest BCUT2D eigenvalue weighted by molar-refractivity contribution is 5.97. The Morgan fingerprint density at radius 1 is 0.912 bits per heavy atom. The molecule has 0 N–H and O–H groups in total. The fraction of sp³-hybridized carbons (Fsp3) is 0.308. The van der Waals surface area contributed by atoms with Crippen LogP contribution in [0.25, 0.3) is 11.3 Å². The first kappa shape index (κ1) is 22.0. The summed E-state index contributed by atoms with van der Waals surface area (Å²) >= 11 is 0. The van der Waals surface area contributed by atoms with Crippen molar-refractivity contribution in [1.29, 1.82) is 0 Å². The first-order valence-corrected chi connectivity index (χ1v) is 11.6. The molecule has 8 heteroatoms. The van der Waals surface area contributed by atoms with Crippen molar-refractivity contribution in [2.45, 2.75) is 18.9 Å². The van der Waals surface area contributed by atoms with Crippen LogP contribution in [0.4, 0.5) is 10.2 Å². The molecule has 1 saturated carbocycles. The molecule has 5 rings (SSSR count). The largest absolute Gasteiger partial charge is 0.352 e. The van der Waals surface area contributed by atoms with Gasteiger partial charge in [-0.3, -0.25) is 9.59 Å². The monoisotopic (exact) mass is 459 g/mol. The van der Waals surface area contributed by atoms with Gasteiger partial charge in [-0.15, -0.1) is 10.2 Å². The van der Waals surface area contributed by atoms with E-state index in [-0.39, 0.29) is 30.0 Å². The summed E-state index contributed by atoms with van der Waals surface area (Å²) in [5.41, 5.74) is 2.12. The molecule has 0 atom stereocenters. The average molecular weight is 460 g/mol. The maximum atomic E-state index is 13.6. The van der Waals surface area contributed by atoms with Gasteiger partial charge in [-0.1, -0.05) is 36.4 Å². The fourth-order valence-corrected chi connectivity index (χ4v) is 4.23. The second kappa shape index (κ2) is 9.59. The summed E-state index contributed by atoms with van der Waals surface area (Å²) in [4.78, 5) is 31.4. The SMILES string of the molecule is O=C(CN(C(=O)c1cccc(F)c1)C1CC1)N1CCN(c2ccc(-c3ccccc3)nn2)CC1. The lowest BCUT2D eigenvalue weighted by Crippen LogP contribution is -2.52. The Bertz CT molecular complexity index is 1160. The predicted octanol–water partition coefficient (Wildman–Crippen LogP) is 3.24. The molecule has 0 unspecified atom stereocenters. The van der Waals surface area contributed by atoms with E-state index < -0.39 is 5.82 Å². The van der Waals surface area contributed by atoms with Gasteiger partial charge in [0.15, 0.2) is 5.82 Å². The average Bonchev–Trinajstić information content (AvgIpc) is 3.73. The van der Waals surface area contributed by atoms with Gasteiger partial charge >= 0.3 is 0 Å². The molecule has 2 aliphatic rings. The summed E-state index contributed by atoms with van der Waals surface area (Å²) in [5.74, 6) is -0.0406. The Kier molecular flexibility index (Phi) is 6.20. The molecular formula is C26H26FN5O2. The summed E-state index contributed by atoms with van der Waals surface area (Å²) in [5, 5.41) is 8.74. The van der Waals surface area contributed by atoms with Crippen molar-refractivity contribution >= 4 is 17.6 Å². The van der Waals surface area contributed by atoms with Crippen LogP contribution >= 0.6 is 0 Å². The fourth-order valence-electron chi connectivity index (χ4n) is 4.23. The molecule has 2 fully saturated rings. The zero-order chi connectivity index (χ0) is 23.5. The van der Waals surface area contributed by atoms with Crippen molar-refractivity contribution in [2.75, 3.05) is 37.6 Å². The minimum atomic E-state index is -0.455. The number of hydrogen-bond donors (Lipinski definition) is 0. The highest BCUT2D eigenvalue weighted by atomic mass is 19.1. The number of carbonyl (C=O) groups is 2. The summed E-state index contributed by atoms with van der Waals surface area (Å²) in [6, 6.07) is 19.5. The van der Waals surface area contributed by atoms with Crippen molar-refractivity contribution < 1.29 is 14.0 Å². The summed E-state index contributed by atoms with van der Waals surface area (Å²) < 4.78 is 13.6. The second-order valence-corrected chi connectivity index (χ2v) is 8.69. The van der Waals surface area contributed by atoms with Crippen LogP contribution in [0.2, 0.25) is 0 Å². The third-order valence-electron chi connectivity index (χ3n) is 6.30. The number of hydrogen-bond acceptors (Lipinski definition) is 5. The number of amides is 2. The van der Waals surface area contributed by atoms with Gasteiger partial charge in [0.05, 0.1) is 5.69 Å². The molecule has 2 aromatic carbocycles. The number of rotatable bonds is 6. The molecular weight excluding hydrogens is 433 g/mol. The number of aromatic nitrogens is 2. The number of benzene rings is 2. The third-order valence-corrected chi connectivity index (χ3v) is 6.30. The van der Waals surface area contributed by atoms with E-state index in [1.165, 1.54) is 18.2 Å². The molecule has 2 heterocycles. The Labute approximate surface area is 197 Å². The van der Waals surface area contributed by atoms with Gasteiger partial charge in [-0.2, -0.15) is 0 Å². The van der Waals surface area contributed by atoms with Gasteiger partial charge in [0.1, 0.15) is 12.4 Å². The molecule has 0 bridgehead atoms. The van der Waals surface area contributed by atoms with Gasteiger partial charge < -0.3 is 14.7 Å². The molecule has 0 radical (unpaired) electrons. The standard InChI is InChI=1S/C26H26FN5O2/c27-21-8-4-7-20(17-21)26(34)32(22-9-10-22)18-25(33)31-15-13-30(14-16-31)24-12-11-23(28-29-24)19-5-2-1-3-6-19/h1-8,11-12,17,22H,9-10,13-16,18H2. The predicted molar refractivity (Wildman–Crippen MR) is 127 cm³/mol. The van der Waals surface area contributed by atoms with Crippen molar-refractivity contribution in [2.24, 2.45) is 0 Å². The van der Waals surface area contributed by atoms with E-state index in [4.69, 9.17) is 0 Å². The van der Waals surface area contributed by atoms with Crippen LogP contribution in [0.3, 0.4) is 0 Å². The molecule has 7 nitrogen and oxygen atoms in total. The van der Waals surface area contributed by atoms with Gasteiger partial charge in [0.2, 0.25) is 5.91 Å². The number of halogens is 1. The first-order chi connectivity index (χ1) is 16.6. The van der Waals surface area contributed by atoms with E-state index in [1.807, 2.05) is 42.5 Å². The highest BCUT2D eigenvalue weighted by Crippen LogP contribution is 2.28. The normalized spacial score (nSPS) is 15.8. The van der Waals surface area contributed by atoms with Gasteiger partial charge in [-0.25, -0.2) is 4.39 Å². The van der Waals surface area contributed by atoms with E-state index in [0.29, 0.717) is 26.2 Å². The summed E-state index contributed by atoms with van der Waals surface area (Å²) in [6.07, 6.45) is 1.75. The van der Waals surface area contributed by atoms with E-state index in [0.717, 1.165) is 29.9 Å². The molecule has 0 spiro atoms. The molecule has 2 amide bonds. The van der Waals surface area contributed by atoms with E-state index >= 15 is 0 Å². The maximum absolute atomic E-state index is 13.6. The number of nitrogens with zero attached hydrogens (tertiary/aromatic N) is 5. The van der Waals surface area contributed by atoms with Crippen molar-refractivity contribution in [3.8, 4) is 11.3 Å². The minimum Gasteiger partial charge on any atom is -0.352 e. The van der Waals surface area contributed by atoms with Gasteiger partial charge in [-0.05, 0) is 43.2 Å². The number of anilines is 1. The molecule has 1 saturated heterocycles. The van der Waals surface area contributed by atoms with Crippen molar-refractivity contribution in [3.05, 3.63) is 78.1 Å². The van der Waals surface area contributed by atoms with E-state index in [2.05, 4.69) is 15.1 Å². The van der Waals surface area contributed by atoms with E-state index in [9.17, 15) is 14.0 Å². The Morgan fingerprint density at radius 2 is 1.68 bits per heavy atom. The lowest BCUT2D eigenvalue weighted by Gasteiger charge is -2.36. The topological polar surface area (TPSA) is 69.6 Å². The van der Waals surface area contributed by atoms with Crippen molar-refractivity contribution in [1.82, 2.24) is 20.0 Å². The Morgan fingerprint density at radius 3 is 2.32 bits per heavy atom. The summed E-state index contributed by atoms with van der Waals surface area (Å²) in [6.45, 7) is 2.41. The van der Waals surface area contributed by atoms with Crippen LogP contribution in [-0.4, -0.2) is 70.6 Å². The number of piperazine rings is 1. The summed E-state index contributed by atoms with van der Waals surface area (Å²) in [7, 11) is 0.